The van der Waals surface area contributed by atoms with E-state index in [1.807, 2.05) is 0 Å². The van der Waals surface area contributed by atoms with Crippen LogP contribution in [0, 0.1) is 0 Å². The number of carbonyl (C=O) groups excluding carboxylic acids is 2. The molecule has 0 saturated heterocycles. The fourth-order valence-electron chi connectivity index (χ4n) is 4.52. The molecule has 36 heavy (non-hydrogen) atoms. The molecule has 2 atom stereocenters. The minimum atomic E-state index is -5.17. The van der Waals surface area contributed by atoms with Gasteiger partial charge in [0.25, 0.3) is 0 Å². The van der Waals surface area contributed by atoms with Gasteiger partial charge in [0.1, 0.15) is 11.3 Å². The summed E-state index contributed by atoms with van der Waals surface area (Å²) in [6.07, 6.45) is -4.84. The topological polar surface area (TPSA) is 65.1 Å². The predicted molar refractivity (Wildman–Crippen MR) is 128 cm³/mol. The number of hydrogen-bond acceptors (Lipinski definition) is 6. The lowest BCUT2D eigenvalue weighted by atomic mass is 9.80. The van der Waals surface area contributed by atoms with Crippen LogP contribution in [-0.4, -0.2) is 36.2 Å². The Kier molecular flexibility index (Phi) is 7.03. The minimum absolute atomic E-state index is 0.117. The van der Waals surface area contributed by atoms with E-state index in [1.54, 1.807) is 37.3 Å². The molecular formula is C26H23BrF3NO5. The van der Waals surface area contributed by atoms with Crippen LogP contribution in [0.3, 0.4) is 0 Å². The van der Waals surface area contributed by atoms with E-state index in [-0.39, 0.29) is 18.8 Å². The van der Waals surface area contributed by atoms with Gasteiger partial charge < -0.3 is 19.1 Å². The van der Waals surface area contributed by atoms with Crippen LogP contribution in [0.15, 0.2) is 70.0 Å². The Labute approximate surface area is 214 Å². The van der Waals surface area contributed by atoms with Crippen LogP contribution in [0.1, 0.15) is 43.7 Å². The standard InChI is InChI=1S/C26H23BrF3NO5/c1-4-34-23(32)20-21(24(33)35-5-2)31-15(3)14-16-8-6-7-9-19(16)22(31)36-25(20,26(28,29)30)17-10-12-18(27)13-11-17/h6-14,22H,4-5H2,1-3H3/t22-,25+/m0/s1. The van der Waals surface area contributed by atoms with Crippen molar-refractivity contribution in [3.05, 3.63) is 86.7 Å². The molecule has 10 heteroatoms. The van der Waals surface area contributed by atoms with Crippen LogP contribution >= 0.6 is 15.9 Å². The maximum absolute atomic E-state index is 15.3. The number of esters is 2. The van der Waals surface area contributed by atoms with Crippen molar-refractivity contribution in [1.29, 1.82) is 0 Å². The predicted octanol–water partition coefficient (Wildman–Crippen LogP) is 5.99. The summed E-state index contributed by atoms with van der Waals surface area (Å²) in [5, 5.41) is 0. The van der Waals surface area contributed by atoms with Crippen molar-refractivity contribution in [2.75, 3.05) is 13.2 Å². The van der Waals surface area contributed by atoms with Gasteiger partial charge in [-0.3, -0.25) is 0 Å². The number of alkyl halides is 3. The van der Waals surface area contributed by atoms with Crippen molar-refractivity contribution in [2.45, 2.75) is 38.8 Å². The van der Waals surface area contributed by atoms with E-state index in [2.05, 4.69) is 15.9 Å². The summed E-state index contributed by atoms with van der Waals surface area (Å²) in [6, 6.07) is 12.0. The largest absolute Gasteiger partial charge is 0.462 e. The molecule has 0 bridgehead atoms. The molecule has 2 aromatic carbocycles. The summed E-state index contributed by atoms with van der Waals surface area (Å²) >= 11 is 3.23. The van der Waals surface area contributed by atoms with Crippen molar-refractivity contribution in [1.82, 2.24) is 4.90 Å². The molecule has 4 rings (SSSR count). The highest BCUT2D eigenvalue weighted by Gasteiger charge is 2.68. The SMILES string of the molecule is CCOC(=O)C1=C(C(=O)OCC)[C@](c2ccc(Br)cc2)(C(F)(F)F)O[C@H]2c3ccccc3C=C(C)N12. The smallest absolute Gasteiger partial charge is 0.426 e. The number of nitrogens with zero attached hydrogens (tertiary/aromatic N) is 1. The quantitative estimate of drug-likeness (QED) is 0.415. The third-order valence-corrected chi connectivity index (χ3v) is 6.49. The maximum atomic E-state index is 15.3. The molecule has 0 saturated carbocycles. The van der Waals surface area contributed by atoms with Gasteiger partial charge in [-0.1, -0.05) is 52.3 Å². The summed E-state index contributed by atoms with van der Waals surface area (Å²) in [5.74, 6) is -2.42. The van der Waals surface area contributed by atoms with E-state index in [1.165, 1.54) is 43.0 Å². The molecular weight excluding hydrogens is 543 g/mol. The van der Waals surface area contributed by atoms with Crippen molar-refractivity contribution >= 4 is 33.9 Å². The van der Waals surface area contributed by atoms with E-state index >= 15 is 13.2 Å². The lowest BCUT2D eigenvalue weighted by Crippen LogP contribution is -2.57. The van der Waals surface area contributed by atoms with Crippen LogP contribution in [0.2, 0.25) is 0 Å². The number of hydrogen-bond donors (Lipinski definition) is 0. The van der Waals surface area contributed by atoms with E-state index in [0.29, 0.717) is 21.3 Å². The third kappa shape index (κ3) is 4.12. The molecule has 6 nitrogen and oxygen atoms in total. The highest BCUT2D eigenvalue weighted by molar-refractivity contribution is 9.10. The molecule has 0 N–H and O–H groups in total. The molecule has 0 aromatic heterocycles. The Hall–Kier alpha value is -3.11. The van der Waals surface area contributed by atoms with Gasteiger partial charge in [0.2, 0.25) is 5.60 Å². The van der Waals surface area contributed by atoms with Gasteiger partial charge in [-0.15, -0.1) is 0 Å². The normalized spacial score (nSPS) is 21.4. The maximum Gasteiger partial charge on any atom is 0.426 e. The van der Waals surface area contributed by atoms with Gasteiger partial charge in [0.05, 0.1) is 13.2 Å². The lowest BCUT2D eigenvalue weighted by Gasteiger charge is -2.50. The van der Waals surface area contributed by atoms with E-state index < -0.39 is 41.2 Å². The molecule has 0 spiro atoms. The second kappa shape index (κ2) is 9.74. The van der Waals surface area contributed by atoms with Gasteiger partial charge in [-0.2, -0.15) is 13.2 Å². The molecule has 0 aliphatic carbocycles. The molecule has 2 heterocycles. The number of carbonyl (C=O) groups is 2. The zero-order valence-electron chi connectivity index (χ0n) is 19.7. The Morgan fingerprint density at radius 2 is 1.64 bits per heavy atom. The number of allylic oxidation sites excluding steroid dienone is 1. The van der Waals surface area contributed by atoms with Gasteiger partial charge in [0.15, 0.2) is 6.23 Å². The average Bonchev–Trinajstić information content (AvgIpc) is 2.83. The Morgan fingerprint density at radius 1 is 1.03 bits per heavy atom. The van der Waals surface area contributed by atoms with E-state index in [0.717, 1.165) is 0 Å². The van der Waals surface area contributed by atoms with Crippen LogP contribution in [0.25, 0.3) is 6.08 Å². The zero-order valence-corrected chi connectivity index (χ0v) is 21.3. The molecule has 0 amide bonds. The Balaban J connectivity index is 2.16. The summed E-state index contributed by atoms with van der Waals surface area (Å²) in [6.45, 7) is 4.28. The number of rotatable bonds is 5. The third-order valence-electron chi connectivity index (χ3n) is 5.96. The number of ether oxygens (including phenoxy) is 3. The highest BCUT2D eigenvalue weighted by Crippen LogP contribution is 2.57. The van der Waals surface area contributed by atoms with E-state index in [9.17, 15) is 9.59 Å². The summed E-state index contributed by atoms with van der Waals surface area (Å²) in [5.41, 5.74) is -3.84. The number of benzene rings is 2. The fraction of sp³-hybridized carbons (Fsp3) is 0.308. The van der Waals surface area contributed by atoms with Crippen LogP contribution in [-0.2, 0) is 29.4 Å². The first-order valence-corrected chi connectivity index (χ1v) is 12.0. The Bertz CT molecular complexity index is 1250. The van der Waals surface area contributed by atoms with Crippen LogP contribution in [0.4, 0.5) is 13.2 Å². The van der Waals surface area contributed by atoms with Gasteiger partial charge in [-0.25, -0.2) is 9.59 Å². The van der Waals surface area contributed by atoms with E-state index in [4.69, 9.17) is 14.2 Å². The van der Waals surface area contributed by atoms with Gasteiger partial charge >= 0.3 is 18.1 Å². The van der Waals surface area contributed by atoms with Crippen molar-refractivity contribution in [3.8, 4) is 0 Å². The zero-order chi connectivity index (χ0) is 26.3. The number of halogens is 4. The van der Waals surface area contributed by atoms with Gasteiger partial charge in [-0.05, 0) is 50.1 Å². The number of fused-ring (bicyclic) bond motifs is 3. The summed E-state index contributed by atoms with van der Waals surface area (Å²) < 4.78 is 62.7. The molecule has 2 aliphatic rings. The lowest BCUT2D eigenvalue weighted by molar-refractivity contribution is -0.304. The van der Waals surface area contributed by atoms with Crippen molar-refractivity contribution in [2.24, 2.45) is 0 Å². The van der Waals surface area contributed by atoms with Crippen LogP contribution in [0.5, 0.6) is 0 Å². The first-order chi connectivity index (χ1) is 17.1. The summed E-state index contributed by atoms with van der Waals surface area (Å²) in [4.78, 5) is 27.9. The fourth-order valence-corrected chi connectivity index (χ4v) is 4.79. The molecule has 2 aromatic rings. The first-order valence-electron chi connectivity index (χ1n) is 11.2. The highest BCUT2D eigenvalue weighted by atomic mass is 79.9. The molecule has 0 fully saturated rings. The second-order valence-electron chi connectivity index (χ2n) is 8.11. The summed E-state index contributed by atoms with van der Waals surface area (Å²) in [7, 11) is 0. The molecule has 0 radical (unpaired) electrons. The van der Waals surface area contributed by atoms with Crippen molar-refractivity contribution < 1.29 is 37.0 Å². The monoisotopic (exact) mass is 565 g/mol. The Morgan fingerprint density at radius 3 is 2.25 bits per heavy atom. The molecule has 190 valence electrons. The molecule has 2 aliphatic heterocycles. The first kappa shape index (κ1) is 26.0. The van der Waals surface area contributed by atoms with Crippen LogP contribution < -0.4 is 0 Å². The second-order valence-corrected chi connectivity index (χ2v) is 9.02. The average molecular weight is 566 g/mol. The van der Waals surface area contributed by atoms with Gasteiger partial charge in [0, 0.05) is 15.7 Å². The van der Waals surface area contributed by atoms with Crippen molar-refractivity contribution in [3.63, 3.8) is 0 Å². The minimum Gasteiger partial charge on any atom is -0.462 e. The molecule has 0 unspecified atom stereocenters.